The minimum Gasteiger partial charge on any atom is -0.374 e. The lowest BCUT2D eigenvalue weighted by Gasteiger charge is -2.30. The van der Waals surface area contributed by atoms with Gasteiger partial charge < -0.3 is 19.5 Å². The van der Waals surface area contributed by atoms with Gasteiger partial charge in [-0.05, 0) is 13.1 Å². The number of imidazole rings is 1. The molecule has 1 fully saturated rings. The molecule has 0 bridgehead atoms. The second-order valence-electron chi connectivity index (χ2n) is 5.02. The highest BCUT2D eigenvalue weighted by Gasteiger charge is 2.18. The number of fused-ring (bicyclic) bond motifs is 1. The van der Waals surface area contributed by atoms with Gasteiger partial charge in [-0.15, -0.1) is 0 Å². The zero-order valence-electron chi connectivity index (χ0n) is 11.3. The molecule has 102 valence electrons. The number of rotatable bonds is 3. The van der Waals surface area contributed by atoms with Crippen molar-refractivity contribution in [2.24, 2.45) is 7.05 Å². The molecule has 1 aliphatic rings. The molecule has 1 atom stereocenters. The van der Waals surface area contributed by atoms with Gasteiger partial charge in [-0.25, -0.2) is 9.97 Å². The molecule has 1 saturated heterocycles. The van der Waals surface area contributed by atoms with Crippen LogP contribution in [0.5, 0.6) is 0 Å². The predicted octanol–water partition coefficient (Wildman–Crippen LogP) is 0.711. The van der Waals surface area contributed by atoms with Gasteiger partial charge in [-0.3, -0.25) is 0 Å². The molecule has 0 spiro atoms. The zero-order valence-corrected chi connectivity index (χ0v) is 11.3. The molecule has 3 heterocycles. The van der Waals surface area contributed by atoms with E-state index in [4.69, 9.17) is 4.74 Å². The Hall–Kier alpha value is -1.66. The van der Waals surface area contributed by atoms with Crippen LogP contribution in [0.3, 0.4) is 0 Å². The first kappa shape index (κ1) is 12.4. The van der Waals surface area contributed by atoms with Gasteiger partial charge in [0.15, 0.2) is 5.82 Å². The second kappa shape index (κ2) is 5.14. The van der Waals surface area contributed by atoms with E-state index in [1.165, 1.54) is 0 Å². The first-order valence-electron chi connectivity index (χ1n) is 6.54. The van der Waals surface area contributed by atoms with Crippen LogP contribution in [0.1, 0.15) is 0 Å². The monoisotopic (exact) mass is 261 g/mol. The van der Waals surface area contributed by atoms with Crippen molar-refractivity contribution in [1.82, 2.24) is 19.4 Å². The standard InChI is InChI=1S/C13H19N5O/c1-17-5-6-19-10(8-17)7-15-13-12-11(3-4-14-13)18(2)9-16-12/h3-4,9-10H,5-8H2,1-2H3,(H,14,15). The summed E-state index contributed by atoms with van der Waals surface area (Å²) in [6, 6.07) is 1.97. The van der Waals surface area contributed by atoms with Crippen LogP contribution in [0.25, 0.3) is 11.0 Å². The molecule has 0 amide bonds. The third-order valence-electron chi connectivity index (χ3n) is 3.48. The lowest BCUT2D eigenvalue weighted by atomic mass is 10.3. The van der Waals surface area contributed by atoms with E-state index in [0.717, 1.165) is 43.1 Å². The second-order valence-corrected chi connectivity index (χ2v) is 5.02. The Kier molecular flexibility index (Phi) is 3.35. The van der Waals surface area contributed by atoms with Crippen LogP contribution in [-0.4, -0.2) is 58.8 Å². The number of nitrogens with one attached hydrogen (secondary N) is 1. The lowest BCUT2D eigenvalue weighted by Crippen LogP contribution is -2.43. The minimum atomic E-state index is 0.208. The van der Waals surface area contributed by atoms with E-state index in [1.807, 2.05) is 24.0 Å². The summed E-state index contributed by atoms with van der Waals surface area (Å²) in [5, 5.41) is 3.35. The molecule has 0 aliphatic carbocycles. The van der Waals surface area contributed by atoms with Crippen LogP contribution in [-0.2, 0) is 11.8 Å². The number of hydrogen-bond acceptors (Lipinski definition) is 5. The van der Waals surface area contributed by atoms with E-state index in [1.54, 1.807) is 6.20 Å². The van der Waals surface area contributed by atoms with Crippen molar-refractivity contribution < 1.29 is 4.74 Å². The van der Waals surface area contributed by atoms with Crippen LogP contribution in [0.15, 0.2) is 18.6 Å². The van der Waals surface area contributed by atoms with E-state index in [0.29, 0.717) is 0 Å². The largest absolute Gasteiger partial charge is 0.374 e. The van der Waals surface area contributed by atoms with Crippen molar-refractivity contribution in [1.29, 1.82) is 0 Å². The van der Waals surface area contributed by atoms with Crippen molar-refractivity contribution in [3.05, 3.63) is 18.6 Å². The molecule has 2 aromatic rings. The van der Waals surface area contributed by atoms with E-state index < -0.39 is 0 Å². The average Bonchev–Trinajstić information content (AvgIpc) is 2.79. The van der Waals surface area contributed by atoms with Crippen molar-refractivity contribution in [3.8, 4) is 0 Å². The van der Waals surface area contributed by atoms with E-state index >= 15 is 0 Å². The normalized spacial score (nSPS) is 20.8. The van der Waals surface area contributed by atoms with Crippen molar-refractivity contribution in [3.63, 3.8) is 0 Å². The van der Waals surface area contributed by atoms with E-state index in [-0.39, 0.29) is 6.10 Å². The van der Waals surface area contributed by atoms with E-state index in [2.05, 4.69) is 27.2 Å². The maximum absolute atomic E-state index is 5.73. The highest BCUT2D eigenvalue weighted by Crippen LogP contribution is 2.18. The fourth-order valence-electron chi connectivity index (χ4n) is 2.39. The molecule has 6 heteroatoms. The van der Waals surface area contributed by atoms with Gasteiger partial charge in [0, 0.05) is 32.9 Å². The fraction of sp³-hybridized carbons (Fsp3) is 0.538. The van der Waals surface area contributed by atoms with Crippen molar-refractivity contribution in [2.45, 2.75) is 6.10 Å². The van der Waals surface area contributed by atoms with Gasteiger partial charge in [0.2, 0.25) is 0 Å². The zero-order chi connectivity index (χ0) is 13.2. The van der Waals surface area contributed by atoms with Gasteiger partial charge in [-0.2, -0.15) is 0 Å². The Balaban J connectivity index is 1.71. The van der Waals surface area contributed by atoms with Gasteiger partial charge in [0.05, 0.1) is 24.6 Å². The number of aryl methyl sites for hydroxylation is 1. The number of likely N-dealkylation sites (N-methyl/N-ethyl adjacent to an activating group) is 1. The van der Waals surface area contributed by atoms with Gasteiger partial charge in [0.1, 0.15) is 5.52 Å². The highest BCUT2D eigenvalue weighted by atomic mass is 16.5. The highest BCUT2D eigenvalue weighted by molar-refractivity contribution is 5.85. The molecule has 0 aromatic carbocycles. The number of ether oxygens (including phenoxy) is 1. The first-order valence-corrected chi connectivity index (χ1v) is 6.54. The number of aromatic nitrogens is 3. The third kappa shape index (κ3) is 2.54. The average molecular weight is 261 g/mol. The summed E-state index contributed by atoms with van der Waals surface area (Å²) in [7, 11) is 4.10. The predicted molar refractivity (Wildman–Crippen MR) is 74.2 cm³/mol. The van der Waals surface area contributed by atoms with Crippen LogP contribution >= 0.6 is 0 Å². The first-order chi connectivity index (χ1) is 9.24. The summed E-state index contributed by atoms with van der Waals surface area (Å²) >= 11 is 0. The number of anilines is 1. The van der Waals surface area contributed by atoms with Crippen molar-refractivity contribution in [2.75, 3.05) is 38.6 Å². The maximum atomic E-state index is 5.73. The van der Waals surface area contributed by atoms with Gasteiger partial charge >= 0.3 is 0 Å². The molecule has 1 N–H and O–H groups in total. The van der Waals surface area contributed by atoms with Gasteiger partial charge in [-0.1, -0.05) is 0 Å². The Morgan fingerprint density at radius 1 is 1.42 bits per heavy atom. The molecule has 1 aliphatic heterocycles. The Morgan fingerprint density at radius 2 is 2.32 bits per heavy atom. The third-order valence-corrected chi connectivity index (χ3v) is 3.48. The van der Waals surface area contributed by atoms with Crippen LogP contribution in [0.4, 0.5) is 5.82 Å². The number of hydrogen-bond donors (Lipinski definition) is 1. The molecule has 0 radical (unpaired) electrons. The maximum Gasteiger partial charge on any atom is 0.154 e. The molecule has 0 saturated carbocycles. The Morgan fingerprint density at radius 3 is 3.16 bits per heavy atom. The topological polar surface area (TPSA) is 55.2 Å². The summed E-state index contributed by atoms with van der Waals surface area (Å²) < 4.78 is 7.72. The van der Waals surface area contributed by atoms with E-state index in [9.17, 15) is 0 Å². The minimum absolute atomic E-state index is 0.208. The molecule has 1 unspecified atom stereocenters. The Labute approximate surface area is 112 Å². The fourth-order valence-corrected chi connectivity index (χ4v) is 2.39. The smallest absolute Gasteiger partial charge is 0.154 e. The Bertz CT molecular complexity index is 567. The molecule has 19 heavy (non-hydrogen) atoms. The number of morpholine rings is 1. The quantitative estimate of drug-likeness (QED) is 0.882. The van der Waals surface area contributed by atoms with Crippen molar-refractivity contribution >= 4 is 16.9 Å². The van der Waals surface area contributed by atoms with Crippen LogP contribution in [0, 0.1) is 0 Å². The number of pyridine rings is 1. The molecule has 3 rings (SSSR count). The molecule has 6 nitrogen and oxygen atoms in total. The summed E-state index contributed by atoms with van der Waals surface area (Å²) in [6.45, 7) is 3.51. The summed E-state index contributed by atoms with van der Waals surface area (Å²) in [5.41, 5.74) is 1.99. The summed E-state index contributed by atoms with van der Waals surface area (Å²) in [6.07, 6.45) is 3.82. The van der Waals surface area contributed by atoms with Gasteiger partial charge in [0.25, 0.3) is 0 Å². The molecular formula is C13H19N5O. The molecule has 2 aromatic heterocycles. The SMILES string of the molecule is CN1CCOC(CNc2nccc3c2ncn3C)C1. The van der Waals surface area contributed by atoms with Crippen LogP contribution in [0.2, 0.25) is 0 Å². The summed E-state index contributed by atoms with van der Waals surface area (Å²) in [4.78, 5) is 11.0. The lowest BCUT2D eigenvalue weighted by molar-refractivity contribution is -0.0117. The van der Waals surface area contributed by atoms with Crippen LogP contribution < -0.4 is 5.32 Å². The number of nitrogens with zero attached hydrogens (tertiary/aromatic N) is 4. The molecular weight excluding hydrogens is 242 g/mol. The summed E-state index contributed by atoms with van der Waals surface area (Å²) in [5.74, 6) is 0.829.